The Balaban J connectivity index is 1.35. The molecule has 1 heterocycles. The van der Waals surface area contributed by atoms with Gasteiger partial charge in [0.05, 0.1) is 0 Å². The molecule has 3 aliphatic carbocycles. The highest BCUT2D eigenvalue weighted by molar-refractivity contribution is 6.09. The summed E-state index contributed by atoms with van der Waals surface area (Å²) in [4.78, 5) is 39.2. The topological polar surface area (TPSA) is 78.5 Å². The largest absolute Gasteiger partial charge is 0.352 e. The van der Waals surface area contributed by atoms with Gasteiger partial charge < -0.3 is 10.6 Å². The van der Waals surface area contributed by atoms with Crippen LogP contribution in [0.5, 0.6) is 0 Å². The molecule has 1 saturated heterocycles. The molecule has 27 heavy (non-hydrogen) atoms. The number of hydrogen-bond acceptors (Lipinski definition) is 3. The van der Waals surface area contributed by atoms with Gasteiger partial charge in [-0.2, -0.15) is 0 Å². The van der Waals surface area contributed by atoms with Gasteiger partial charge in [0.2, 0.25) is 5.91 Å². The molecule has 4 atom stereocenters. The standard InChI is InChI=1S/C21H33N3O3/c1-14(17-12-15-7-8-16(17)11-15)22-18(25)13-24-19(26)21(23-20(24)27)9-5-3-2-4-6-10-21/h14-17H,2-13H2,1H3,(H,22,25)(H,23,27)/t14-,15+,16+,17-/m1/s1. The van der Waals surface area contributed by atoms with Crippen LogP contribution in [0.25, 0.3) is 0 Å². The lowest BCUT2D eigenvalue weighted by atomic mass is 9.84. The second-order valence-electron chi connectivity index (χ2n) is 9.37. The van der Waals surface area contributed by atoms with E-state index < -0.39 is 11.6 Å². The van der Waals surface area contributed by atoms with Crippen LogP contribution in [0.4, 0.5) is 4.79 Å². The molecular formula is C21H33N3O3. The van der Waals surface area contributed by atoms with Crippen LogP contribution in [-0.2, 0) is 9.59 Å². The molecule has 0 radical (unpaired) electrons. The lowest BCUT2D eigenvalue weighted by Crippen LogP contribution is -2.49. The Kier molecular flexibility index (Phi) is 5.17. The minimum atomic E-state index is -0.770. The predicted octanol–water partition coefficient (Wildman–Crippen LogP) is 2.96. The predicted molar refractivity (Wildman–Crippen MR) is 102 cm³/mol. The summed E-state index contributed by atoms with van der Waals surface area (Å²) in [5, 5.41) is 6.01. The van der Waals surface area contributed by atoms with Crippen molar-refractivity contribution in [1.29, 1.82) is 0 Å². The molecule has 1 aliphatic heterocycles. The van der Waals surface area contributed by atoms with Crippen molar-refractivity contribution in [3.63, 3.8) is 0 Å². The van der Waals surface area contributed by atoms with Crippen molar-refractivity contribution < 1.29 is 14.4 Å². The van der Waals surface area contributed by atoms with E-state index >= 15 is 0 Å². The Labute approximate surface area is 161 Å². The Morgan fingerprint density at radius 2 is 1.85 bits per heavy atom. The number of carbonyl (C=O) groups is 3. The van der Waals surface area contributed by atoms with Crippen LogP contribution in [0.1, 0.15) is 77.6 Å². The van der Waals surface area contributed by atoms with Crippen molar-refractivity contribution in [2.45, 2.75) is 89.1 Å². The number of urea groups is 1. The lowest BCUT2D eigenvalue weighted by Gasteiger charge is -2.29. The van der Waals surface area contributed by atoms with Gasteiger partial charge in [-0.3, -0.25) is 14.5 Å². The molecule has 6 heteroatoms. The third kappa shape index (κ3) is 3.59. The van der Waals surface area contributed by atoms with E-state index in [1.165, 1.54) is 32.1 Å². The van der Waals surface area contributed by atoms with E-state index in [-0.39, 0.29) is 24.4 Å². The summed E-state index contributed by atoms with van der Waals surface area (Å²) in [6.07, 6.45) is 11.8. The fourth-order valence-electron chi connectivity index (χ4n) is 6.12. The molecule has 3 saturated carbocycles. The average Bonchev–Trinajstić information content (AvgIpc) is 3.29. The molecule has 2 bridgehead atoms. The number of nitrogens with one attached hydrogen (secondary N) is 2. The second-order valence-corrected chi connectivity index (χ2v) is 9.37. The quantitative estimate of drug-likeness (QED) is 0.742. The fourth-order valence-corrected chi connectivity index (χ4v) is 6.12. The molecule has 150 valence electrons. The molecule has 4 fully saturated rings. The summed E-state index contributed by atoms with van der Waals surface area (Å²) in [6, 6.07) is -0.285. The molecule has 4 aliphatic rings. The zero-order chi connectivity index (χ0) is 19.0. The van der Waals surface area contributed by atoms with Crippen molar-refractivity contribution >= 4 is 17.8 Å². The number of hydrogen-bond donors (Lipinski definition) is 2. The van der Waals surface area contributed by atoms with Crippen LogP contribution < -0.4 is 10.6 Å². The summed E-state index contributed by atoms with van der Waals surface area (Å²) in [7, 11) is 0. The molecule has 1 spiro atoms. The molecule has 0 aromatic carbocycles. The first-order valence-corrected chi connectivity index (χ1v) is 10.9. The van der Waals surface area contributed by atoms with E-state index in [1.807, 2.05) is 0 Å². The molecule has 0 aromatic heterocycles. The van der Waals surface area contributed by atoms with Gasteiger partial charge in [-0.05, 0) is 56.8 Å². The van der Waals surface area contributed by atoms with E-state index in [4.69, 9.17) is 0 Å². The maximum atomic E-state index is 13.0. The average molecular weight is 376 g/mol. The Morgan fingerprint density at radius 3 is 2.48 bits per heavy atom. The van der Waals surface area contributed by atoms with Crippen molar-refractivity contribution in [2.75, 3.05) is 6.54 Å². The van der Waals surface area contributed by atoms with Crippen molar-refractivity contribution in [1.82, 2.24) is 15.5 Å². The van der Waals surface area contributed by atoms with Gasteiger partial charge in [0.1, 0.15) is 12.1 Å². The maximum Gasteiger partial charge on any atom is 0.325 e. The highest BCUT2D eigenvalue weighted by Gasteiger charge is 2.51. The second kappa shape index (κ2) is 7.44. The number of fused-ring (bicyclic) bond motifs is 2. The van der Waals surface area contributed by atoms with Crippen molar-refractivity contribution in [3.05, 3.63) is 0 Å². The minimum absolute atomic E-state index is 0.115. The molecule has 6 nitrogen and oxygen atoms in total. The molecule has 0 unspecified atom stereocenters. The molecule has 4 amide bonds. The van der Waals surface area contributed by atoms with Gasteiger partial charge in [-0.15, -0.1) is 0 Å². The van der Waals surface area contributed by atoms with Crippen LogP contribution in [0, 0.1) is 17.8 Å². The van der Waals surface area contributed by atoms with E-state index in [2.05, 4.69) is 17.6 Å². The van der Waals surface area contributed by atoms with Crippen LogP contribution >= 0.6 is 0 Å². The third-order valence-corrected chi connectivity index (χ3v) is 7.58. The molecule has 4 rings (SSSR count). The molecular weight excluding hydrogens is 342 g/mol. The highest BCUT2D eigenvalue weighted by Crippen LogP contribution is 2.49. The summed E-state index contributed by atoms with van der Waals surface area (Å²) in [5.74, 6) is 1.71. The monoisotopic (exact) mass is 375 g/mol. The van der Waals surface area contributed by atoms with Gasteiger partial charge in [0, 0.05) is 6.04 Å². The van der Waals surface area contributed by atoms with Crippen LogP contribution in [0.2, 0.25) is 0 Å². The number of rotatable bonds is 4. The summed E-state index contributed by atoms with van der Waals surface area (Å²) < 4.78 is 0. The van der Waals surface area contributed by atoms with Crippen molar-refractivity contribution in [2.24, 2.45) is 17.8 Å². The highest BCUT2D eigenvalue weighted by atomic mass is 16.2. The smallest absolute Gasteiger partial charge is 0.325 e. The lowest BCUT2D eigenvalue weighted by molar-refractivity contribution is -0.135. The van der Waals surface area contributed by atoms with Gasteiger partial charge >= 0.3 is 6.03 Å². The fraction of sp³-hybridized carbons (Fsp3) is 0.857. The first-order chi connectivity index (χ1) is 13.0. The summed E-state index contributed by atoms with van der Waals surface area (Å²) >= 11 is 0. The first kappa shape index (κ1) is 18.8. The summed E-state index contributed by atoms with van der Waals surface area (Å²) in [5.41, 5.74) is -0.770. The van der Waals surface area contributed by atoms with E-state index in [0.717, 1.165) is 42.4 Å². The number of nitrogens with zero attached hydrogens (tertiary/aromatic N) is 1. The number of carbonyl (C=O) groups excluding carboxylic acids is 3. The van der Waals surface area contributed by atoms with Gasteiger partial charge in [0.25, 0.3) is 5.91 Å². The van der Waals surface area contributed by atoms with Gasteiger partial charge in [-0.1, -0.05) is 38.5 Å². The van der Waals surface area contributed by atoms with E-state index in [0.29, 0.717) is 18.8 Å². The maximum absolute atomic E-state index is 13.0. The third-order valence-electron chi connectivity index (χ3n) is 7.58. The molecule has 0 aromatic rings. The van der Waals surface area contributed by atoms with E-state index in [9.17, 15) is 14.4 Å². The van der Waals surface area contributed by atoms with Crippen LogP contribution in [-0.4, -0.2) is 40.9 Å². The van der Waals surface area contributed by atoms with Gasteiger partial charge in [0.15, 0.2) is 0 Å². The van der Waals surface area contributed by atoms with Crippen molar-refractivity contribution in [3.8, 4) is 0 Å². The van der Waals surface area contributed by atoms with E-state index in [1.54, 1.807) is 0 Å². The summed E-state index contributed by atoms with van der Waals surface area (Å²) in [6.45, 7) is 1.92. The van der Waals surface area contributed by atoms with Gasteiger partial charge in [-0.25, -0.2) is 4.79 Å². The Morgan fingerprint density at radius 1 is 1.15 bits per heavy atom. The first-order valence-electron chi connectivity index (χ1n) is 10.9. The zero-order valence-electron chi connectivity index (χ0n) is 16.5. The normalized spacial score (nSPS) is 33.7. The van der Waals surface area contributed by atoms with Crippen LogP contribution in [0.15, 0.2) is 0 Å². The molecule has 2 N–H and O–H groups in total. The Bertz CT molecular complexity index is 612. The number of amides is 4. The van der Waals surface area contributed by atoms with Crippen LogP contribution in [0.3, 0.4) is 0 Å². The zero-order valence-corrected chi connectivity index (χ0v) is 16.5. The Hall–Kier alpha value is -1.59. The SMILES string of the molecule is C[C@@H](NC(=O)CN1C(=O)NC2(CCCCCCC2)C1=O)[C@H]1C[C@H]2CC[C@H]1C2. The number of imide groups is 1. The minimum Gasteiger partial charge on any atom is -0.352 e.